The zero-order valence-corrected chi connectivity index (χ0v) is 13.1. The third-order valence-electron chi connectivity index (χ3n) is 3.25. The number of unbranched alkanes of at least 4 members (excludes halogenated alkanes) is 1. The molecule has 2 atom stereocenters. The Hall–Kier alpha value is -1.10. The average molecular weight is 315 g/mol. The first kappa shape index (κ1) is 18.0. The van der Waals surface area contributed by atoms with Crippen molar-refractivity contribution in [3.63, 3.8) is 0 Å². The molecule has 0 aliphatic rings. The molecular weight excluding hydrogens is 292 g/mol. The van der Waals surface area contributed by atoms with Crippen molar-refractivity contribution in [2.45, 2.75) is 38.7 Å². The number of carbonyl (C=O) groups is 1. The molecule has 21 heavy (non-hydrogen) atoms. The van der Waals surface area contributed by atoms with Crippen LogP contribution in [0, 0.1) is 5.92 Å². The van der Waals surface area contributed by atoms with Gasteiger partial charge in [-0.2, -0.15) is 0 Å². The van der Waals surface area contributed by atoms with Gasteiger partial charge in [-0.1, -0.05) is 37.1 Å². The van der Waals surface area contributed by atoms with Crippen molar-refractivity contribution >= 4 is 17.6 Å². The third-order valence-corrected chi connectivity index (χ3v) is 3.51. The molecule has 0 aromatic heterocycles. The highest BCUT2D eigenvalue weighted by Gasteiger charge is 2.22. The summed E-state index contributed by atoms with van der Waals surface area (Å²) >= 11 is 5.81. The zero-order chi connectivity index (χ0) is 15.7. The second kappa shape index (κ2) is 9.77. The second-order valence-corrected chi connectivity index (χ2v) is 5.62. The first-order valence-corrected chi connectivity index (χ1v) is 7.63. The summed E-state index contributed by atoms with van der Waals surface area (Å²) < 4.78 is 5.32. The Balaban J connectivity index is 2.45. The number of aliphatic carboxylic acids is 1. The lowest BCUT2D eigenvalue weighted by Gasteiger charge is -2.17. The maximum Gasteiger partial charge on any atom is 0.306 e. The van der Waals surface area contributed by atoms with E-state index in [0.717, 1.165) is 18.4 Å². The van der Waals surface area contributed by atoms with Crippen LogP contribution in [0.25, 0.3) is 0 Å². The summed E-state index contributed by atoms with van der Waals surface area (Å²) in [6.07, 6.45) is 1.78. The lowest BCUT2D eigenvalue weighted by Crippen LogP contribution is -2.26. The van der Waals surface area contributed by atoms with Gasteiger partial charge in [-0.05, 0) is 37.0 Å². The van der Waals surface area contributed by atoms with Crippen LogP contribution in [0.4, 0.5) is 0 Å². The number of benzene rings is 1. The molecule has 0 saturated carbocycles. The third kappa shape index (κ3) is 7.46. The van der Waals surface area contributed by atoms with E-state index in [1.54, 1.807) is 12.1 Å². The van der Waals surface area contributed by atoms with E-state index >= 15 is 0 Å². The molecule has 0 radical (unpaired) electrons. The normalized spacial score (nSPS) is 13.9. The molecular formula is C16H23ClO4. The maximum absolute atomic E-state index is 11.3. The highest BCUT2D eigenvalue weighted by molar-refractivity contribution is 6.30. The molecule has 5 heteroatoms. The summed E-state index contributed by atoms with van der Waals surface area (Å²) in [7, 11) is 0. The summed E-state index contributed by atoms with van der Waals surface area (Å²) in [5.74, 6) is -1.53. The SMILES string of the molecule is CCCCOCC(O)CC(Cc1ccc(Cl)cc1)C(=O)O. The van der Waals surface area contributed by atoms with Gasteiger partial charge < -0.3 is 14.9 Å². The molecule has 0 aliphatic carbocycles. The van der Waals surface area contributed by atoms with Crippen LogP contribution in [0.1, 0.15) is 31.7 Å². The number of hydrogen-bond donors (Lipinski definition) is 2. The fraction of sp³-hybridized carbons (Fsp3) is 0.562. The van der Waals surface area contributed by atoms with E-state index in [-0.39, 0.29) is 13.0 Å². The van der Waals surface area contributed by atoms with Gasteiger partial charge in [0.05, 0.1) is 18.6 Å². The number of ether oxygens (including phenoxy) is 1. The van der Waals surface area contributed by atoms with Crippen molar-refractivity contribution in [2.24, 2.45) is 5.92 Å². The maximum atomic E-state index is 11.3. The molecule has 4 nitrogen and oxygen atoms in total. The first-order valence-electron chi connectivity index (χ1n) is 7.26. The molecule has 2 unspecified atom stereocenters. The van der Waals surface area contributed by atoms with Crippen LogP contribution in [0.2, 0.25) is 5.02 Å². The van der Waals surface area contributed by atoms with Gasteiger partial charge in [0.2, 0.25) is 0 Å². The van der Waals surface area contributed by atoms with Crippen molar-refractivity contribution < 1.29 is 19.7 Å². The molecule has 0 aliphatic heterocycles. The summed E-state index contributed by atoms with van der Waals surface area (Å²) in [4.78, 5) is 11.3. The van der Waals surface area contributed by atoms with Crippen LogP contribution in [0.15, 0.2) is 24.3 Å². The van der Waals surface area contributed by atoms with E-state index in [1.807, 2.05) is 12.1 Å². The van der Waals surface area contributed by atoms with Gasteiger partial charge in [0.25, 0.3) is 0 Å². The monoisotopic (exact) mass is 314 g/mol. The van der Waals surface area contributed by atoms with Gasteiger partial charge in [-0.3, -0.25) is 4.79 Å². The Morgan fingerprint density at radius 3 is 2.57 bits per heavy atom. The van der Waals surface area contributed by atoms with E-state index in [2.05, 4.69) is 6.92 Å². The lowest BCUT2D eigenvalue weighted by molar-refractivity contribution is -0.143. The van der Waals surface area contributed by atoms with E-state index in [1.165, 1.54) is 0 Å². The number of hydrogen-bond acceptors (Lipinski definition) is 3. The largest absolute Gasteiger partial charge is 0.481 e. The van der Waals surface area contributed by atoms with E-state index in [0.29, 0.717) is 18.1 Å². The van der Waals surface area contributed by atoms with Gasteiger partial charge in [-0.15, -0.1) is 0 Å². The molecule has 0 saturated heterocycles. The molecule has 0 fully saturated rings. The molecule has 1 rings (SSSR count). The van der Waals surface area contributed by atoms with Crippen LogP contribution in [0.3, 0.4) is 0 Å². The molecule has 0 spiro atoms. The van der Waals surface area contributed by atoms with Crippen LogP contribution < -0.4 is 0 Å². The van der Waals surface area contributed by atoms with Gasteiger partial charge in [0.1, 0.15) is 0 Å². The molecule has 1 aromatic rings. The van der Waals surface area contributed by atoms with Crippen LogP contribution in [-0.4, -0.2) is 35.5 Å². The Morgan fingerprint density at radius 1 is 1.33 bits per heavy atom. The smallest absolute Gasteiger partial charge is 0.306 e. The number of carboxylic acid groups (broad SMARTS) is 1. The van der Waals surface area contributed by atoms with E-state index in [9.17, 15) is 15.0 Å². The van der Waals surface area contributed by atoms with E-state index < -0.39 is 18.0 Å². The van der Waals surface area contributed by atoms with Crippen molar-refractivity contribution in [1.82, 2.24) is 0 Å². The standard InChI is InChI=1S/C16H23ClO4/c1-2-3-8-21-11-15(18)10-13(16(19)20)9-12-4-6-14(17)7-5-12/h4-7,13,15,18H,2-3,8-11H2,1H3,(H,19,20). The first-order chi connectivity index (χ1) is 10.0. The van der Waals surface area contributed by atoms with Crippen LogP contribution >= 0.6 is 11.6 Å². The average Bonchev–Trinajstić information content (AvgIpc) is 2.45. The molecule has 118 valence electrons. The lowest BCUT2D eigenvalue weighted by atomic mass is 9.94. The minimum Gasteiger partial charge on any atom is -0.481 e. The predicted molar refractivity (Wildman–Crippen MR) is 82.6 cm³/mol. The number of halogens is 1. The van der Waals surface area contributed by atoms with Gasteiger partial charge in [0.15, 0.2) is 0 Å². The summed E-state index contributed by atoms with van der Waals surface area (Å²) in [5, 5.41) is 19.8. The molecule has 0 heterocycles. The minimum absolute atomic E-state index is 0.185. The fourth-order valence-electron chi connectivity index (χ4n) is 2.04. The number of rotatable bonds is 10. The quantitative estimate of drug-likeness (QED) is 0.651. The number of carboxylic acids is 1. The molecule has 0 amide bonds. The highest BCUT2D eigenvalue weighted by Crippen LogP contribution is 2.17. The fourth-order valence-corrected chi connectivity index (χ4v) is 2.16. The molecule has 1 aromatic carbocycles. The zero-order valence-electron chi connectivity index (χ0n) is 12.3. The van der Waals surface area contributed by atoms with Crippen molar-refractivity contribution in [3.05, 3.63) is 34.9 Å². The summed E-state index contributed by atoms with van der Waals surface area (Å²) in [5.41, 5.74) is 0.894. The second-order valence-electron chi connectivity index (χ2n) is 5.18. The van der Waals surface area contributed by atoms with E-state index in [4.69, 9.17) is 16.3 Å². The summed E-state index contributed by atoms with van der Waals surface area (Å²) in [6.45, 7) is 2.85. The Kier molecular flexibility index (Phi) is 8.35. The predicted octanol–water partition coefficient (Wildman–Crippen LogP) is 3.15. The minimum atomic E-state index is -0.905. The Morgan fingerprint density at radius 2 is 2.00 bits per heavy atom. The van der Waals surface area contributed by atoms with Crippen LogP contribution in [-0.2, 0) is 16.0 Å². The number of aliphatic hydroxyl groups is 1. The topological polar surface area (TPSA) is 66.8 Å². The highest BCUT2D eigenvalue weighted by atomic mass is 35.5. The van der Waals surface area contributed by atoms with Crippen LogP contribution in [0.5, 0.6) is 0 Å². The number of aliphatic hydroxyl groups excluding tert-OH is 1. The van der Waals surface area contributed by atoms with Gasteiger partial charge >= 0.3 is 5.97 Å². The molecule has 2 N–H and O–H groups in total. The van der Waals surface area contributed by atoms with Crippen molar-refractivity contribution in [3.8, 4) is 0 Å². The van der Waals surface area contributed by atoms with Gasteiger partial charge in [0, 0.05) is 11.6 Å². The Bertz CT molecular complexity index is 419. The van der Waals surface area contributed by atoms with Crippen molar-refractivity contribution in [1.29, 1.82) is 0 Å². The Labute approximate surface area is 130 Å². The summed E-state index contributed by atoms with van der Waals surface area (Å²) in [6, 6.07) is 7.09. The molecule has 0 bridgehead atoms. The van der Waals surface area contributed by atoms with Crippen molar-refractivity contribution in [2.75, 3.05) is 13.2 Å². The van der Waals surface area contributed by atoms with Gasteiger partial charge in [-0.25, -0.2) is 0 Å².